The Morgan fingerprint density at radius 1 is 1.27 bits per heavy atom. The van der Waals surface area contributed by atoms with Gasteiger partial charge in [-0.15, -0.1) is 0 Å². The van der Waals surface area contributed by atoms with Crippen molar-refractivity contribution >= 4 is 11.8 Å². The minimum atomic E-state index is -0.351. The highest BCUT2D eigenvalue weighted by Crippen LogP contribution is 2.31. The van der Waals surface area contributed by atoms with E-state index >= 15 is 0 Å². The van der Waals surface area contributed by atoms with Crippen LogP contribution in [-0.4, -0.2) is 35.3 Å². The Balaban J connectivity index is 2.03. The van der Waals surface area contributed by atoms with Gasteiger partial charge in [-0.2, -0.15) is 0 Å². The Hall–Kier alpha value is -1.06. The number of carbonyl (C=O) groups is 2. The number of rotatable bonds is 1. The van der Waals surface area contributed by atoms with E-state index in [1.165, 1.54) is 0 Å². The first-order chi connectivity index (χ1) is 7.08. The van der Waals surface area contributed by atoms with Crippen molar-refractivity contribution in [1.82, 2.24) is 10.2 Å². The minimum absolute atomic E-state index is 0.00859. The number of hydrogen-bond acceptors (Lipinski definition) is 2. The van der Waals surface area contributed by atoms with Gasteiger partial charge in [-0.05, 0) is 25.7 Å². The van der Waals surface area contributed by atoms with Crippen molar-refractivity contribution in [3.63, 3.8) is 0 Å². The third-order valence-electron chi connectivity index (χ3n) is 3.40. The molecule has 4 heteroatoms. The predicted octanol–water partition coefficient (Wildman–Crippen LogP) is 0.522. The fourth-order valence-corrected chi connectivity index (χ4v) is 2.43. The number of nitrogens with one attached hydrogen (secondary N) is 1. The zero-order valence-electron chi connectivity index (χ0n) is 9.32. The molecule has 0 aromatic carbocycles. The molecule has 1 aliphatic carbocycles. The third kappa shape index (κ3) is 1.98. The normalized spacial score (nSPS) is 36.9. The molecule has 1 atom stereocenters. The van der Waals surface area contributed by atoms with Crippen LogP contribution in [0.5, 0.6) is 0 Å². The summed E-state index contributed by atoms with van der Waals surface area (Å²) < 4.78 is 0. The molecule has 2 fully saturated rings. The maximum Gasteiger partial charge on any atom is 0.245 e. The lowest BCUT2D eigenvalue weighted by Gasteiger charge is -2.41. The van der Waals surface area contributed by atoms with Gasteiger partial charge in [0.25, 0.3) is 0 Å². The SMILES string of the molecule is CC1CC(N2CCC(=O)NC(C)C2=O)C1. The van der Waals surface area contributed by atoms with Crippen molar-refractivity contribution in [2.45, 2.75) is 45.2 Å². The summed E-state index contributed by atoms with van der Waals surface area (Å²) in [5.74, 6) is 0.800. The lowest BCUT2D eigenvalue weighted by molar-refractivity contribution is -0.137. The zero-order valence-corrected chi connectivity index (χ0v) is 9.32. The van der Waals surface area contributed by atoms with E-state index in [1.54, 1.807) is 6.92 Å². The highest BCUT2D eigenvalue weighted by atomic mass is 16.2. The third-order valence-corrected chi connectivity index (χ3v) is 3.40. The quantitative estimate of drug-likeness (QED) is 0.686. The molecule has 0 spiro atoms. The molecule has 0 aromatic heterocycles. The summed E-state index contributed by atoms with van der Waals surface area (Å²) in [6.45, 7) is 4.55. The highest BCUT2D eigenvalue weighted by Gasteiger charge is 2.36. The second kappa shape index (κ2) is 3.83. The standard InChI is InChI=1S/C11H18N2O2/c1-7-5-9(6-7)13-4-3-10(14)12-8(2)11(13)15/h7-9H,3-6H2,1-2H3,(H,12,14). The summed E-state index contributed by atoms with van der Waals surface area (Å²) in [5, 5.41) is 2.71. The molecule has 1 N–H and O–H groups in total. The zero-order chi connectivity index (χ0) is 11.0. The van der Waals surface area contributed by atoms with E-state index < -0.39 is 0 Å². The molecule has 0 radical (unpaired) electrons. The fourth-order valence-electron chi connectivity index (χ4n) is 2.43. The highest BCUT2D eigenvalue weighted by molar-refractivity contribution is 5.89. The first kappa shape index (κ1) is 10.5. The number of carbonyl (C=O) groups excluding carboxylic acids is 2. The van der Waals surface area contributed by atoms with Gasteiger partial charge in [-0.25, -0.2) is 0 Å². The van der Waals surface area contributed by atoms with Gasteiger partial charge in [0.2, 0.25) is 11.8 Å². The van der Waals surface area contributed by atoms with Crippen LogP contribution in [-0.2, 0) is 9.59 Å². The van der Waals surface area contributed by atoms with E-state index in [4.69, 9.17) is 0 Å². The number of nitrogens with zero attached hydrogens (tertiary/aromatic N) is 1. The van der Waals surface area contributed by atoms with Crippen LogP contribution in [0.3, 0.4) is 0 Å². The van der Waals surface area contributed by atoms with E-state index in [1.807, 2.05) is 4.90 Å². The van der Waals surface area contributed by atoms with Gasteiger partial charge < -0.3 is 10.2 Å². The average molecular weight is 210 g/mol. The molecule has 2 aliphatic rings. The van der Waals surface area contributed by atoms with Crippen molar-refractivity contribution in [2.24, 2.45) is 5.92 Å². The smallest absolute Gasteiger partial charge is 0.245 e. The van der Waals surface area contributed by atoms with Gasteiger partial charge in [0.1, 0.15) is 6.04 Å². The van der Waals surface area contributed by atoms with Crippen LogP contribution in [0, 0.1) is 5.92 Å². The maximum absolute atomic E-state index is 11.9. The second-order valence-electron chi connectivity index (χ2n) is 4.80. The summed E-state index contributed by atoms with van der Waals surface area (Å²) >= 11 is 0. The maximum atomic E-state index is 11.9. The van der Waals surface area contributed by atoms with Crippen LogP contribution in [0.15, 0.2) is 0 Å². The molecule has 15 heavy (non-hydrogen) atoms. The van der Waals surface area contributed by atoms with Gasteiger partial charge in [-0.1, -0.05) is 6.92 Å². The van der Waals surface area contributed by atoms with Crippen LogP contribution in [0.2, 0.25) is 0 Å². The fraction of sp³-hybridized carbons (Fsp3) is 0.818. The molecule has 2 amide bonds. The van der Waals surface area contributed by atoms with Gasteiger partial charge in [0.15, 0.2) is 0 Å². The molecular formula is C11H18N2O2. The van der Waals surface area contributed by atoms with Crippen molar-refractivity contribution in [3.8, 4) is 0 Å². The van der Waals surface area contributed by atoms with Crippen molar-refractivity contribution in [1.29, 1.82) is 0 Å². The Labute approximate surface area is 90.0 Å². The summed E-state index contributed by atoms with van der Waals surface area (Å²) in [5.41, 5.74) is 0. The largest absolute Gasteiger partial charge is 0.345 e. The van der Waals surface area contributed by atoms with Crippen LogP contribution in [0.1, 0.15) is 33.1 Å². The molecule has 1 saturated carbocycles. The Kier molecular flexibility index (Phi) is 2.67. The monoisotopic (exact) mass is 210 g/mol. The Morgan fingerprint density at radius 3 is 2.53 bits per heavy atom. The minimum Gasteiger partial charge on any atom is -0.345 e. The van der Waals surface area contributed by atoms with Gasteiger partial charge >= 0.3 is 0 Å². The molecule has 2 rings (SSSR count). The van der Waals surface area contributed by atoms with Gasteiger partial charge in [0.05, 0.1) is 0 Å². The lowest BCUT2D eigenvalue weighted by atomic mass is 9.80. The van der Waals surface area contributed by atoms with Crippen LogP contribution in [0.4, 0.5) is 0 Å². The number of amides is 2. The Morgan fingerprint density at radius 2 is 1.93 bits per heavy atom. The topological polar surface area (TPSA) is 49.4 Å². The van der Waals surface area contributed by atoms with Crippen LogP contribution >= 0.6 is 0 Å². The molecule has 4 nitrogen and oxygen atoms in total. The predicted molar refractivity (Wildman–Crippen MR) is 56.1 cm³/mol. The first-order valence-corrected chi connectivity index (χ1v) is 5.67. The van der Waals surface area contributed by atoms with E-state index in [-0.39, 0.29) is 17.9 Å². The molecule has 0 bridgehead atoms. The van der Waals surface area contributed by atoms with E-state index in [0.29, 0.717) is 19.0 Å². The van der Waals surface area contributed by atoms with Crippen LogP contribution < -0.4 is 5.32 Å². The first-order valence-electron chi connectivity index (χ1n) is 5.67. The van der Waals surface area contributed by atoms with Crippen molar-refractivity contribution in [3.05, 3.63) is 0 Å². The Bertz CT molecular complexity index is 284. The number of hydrogen-bond donors (Lipinski definition) is 1. The van der Waals surface area contributed by atoms with Gasteiger partial charge in [0, 0.05) is 19.0 Å². The molecule has 0 aromatic rings. The molecule has 1 unspecified atom stereocenters. The molecule has 1 aliphatic heterocycles. The van der Waals surface area contributed by atoms with Gasteiger partial charge in [-0.3, -0.25) is 9.59 Å². The van der Waals surface area contributed by atoms with Crippen molar-refractivity contribution < 1.29 is 9.59 Å². The summed E-state index contributed by atoms with van der Waals surface area (Å²) in [6, 6.07) is 0.0264. The van der Waals surface area contributed by atoms with E-state index in [0.717, 1.165) is 18.8 Å². The van der Waals surface area contributed by atoms with E-state index in [2.05, 4.69) is 12.2 Å². The summed E-state index contributed by atoms with van der Waals surface area (Å²) in [4.78, 5) is 25.1. The average Bonchev–Trinajstić information content (AvgIpc) is 2.24. The molecular weight excluding hydrogens is 192 g/mol. The second-order valence-corrected chi connectivity index (χ2v) is 4.80. The summed E-state index contributed by atoms with van der Waals surface area (Å²) in [6.07, 6.45) is 2.63. The molecule has 1 saturated heterocycles. The summed E-state index contributed by atoms with van der Waals surface area (Å²) in [7, 11) is 0. The molecule has 84 valence electrons. The van der Waals surface area contributed by atoms with Crippen LogP contribution in [0.25, 0.3) is 0 Å². The lowest BCUT2D eigenvalue weighted by Crippen LogP contribution is -2.51. The van der Waals surface area contributed by atoms with Crippen molar-refractivity contribution in [2.75, 3.05) is 6.54 Å². The van der Waals surface area contributed by atoms with E-state index in [9.17, 15) is 9.59 Å². The molecule has 1 heterocycles.